The molecule has 1 amide bonds. The van der Waals surface area contributed by atoms with Crippen LogP contribution in [0.3, 0.4) is 0 Å². The van der Waals surface area contributed by atoms with Crippen LogP contribution >= 0.6 is 23.3 Å². The van der Waals surface area contributed by atoms with E-state index in [0.29, 0.717) is 22.2 Å². The van der Waals surface area contributed by atoms with Crippen LogP contribution in [0.15, 0.2) is 47.1 Å². The van der Waals surface area contributed by atoms with Gasteiger partial charge in [0.2, 0.25) is 10.3 Å². The Kier molecular flexibility index (Phi) is 8.66. The highest BCUT2D eigenvalue weighted by atomic mass is 32.2. The van der Waals surface area contributed by atoms with E-state index in [-0.39, 0.29) is 27.8 Å². The molecule has 0 aliphatic carbocycles. The summed E-state index contributed by atoms with van der Waals surface area (Å²) in [4.78, 5) is 29.3. The Morgan fingerprint density at radius 3 is 2.34 bits per heavy atom. The number of aromatic nitrogens is 2. The minimum Gasteiger partial charge on any atom is -0.493 e. The van der Waals surface area contributed by atoms with Gasteiger partial charge < -0.3 is 18.9 Å². The Bertz CT molecular complexity index is 1320. The second-order valence-electron chi connectivity index (χ2n) is 6.58. The molecule has 0 saturated carbocycles. The van der Waals surface area contributed by atoms with Crippen molar-refractivity contribution >= 4 is 46.4 Å². The Hall–Kier alpha value is -4.08. The largest absolute Gasteiger partial charge is 0.493 e. The van der Waals surface area contributed by atoms with Crippen molar-refractivity contribution in [3.05, 3.63) is 53.1 Å². The van der Waals surface area contributed by atoms with Gasteiger partial charge in [0.1, 0.15) is 11.6 Å². The molecule has 1 heterocycles. The number of nitrogens with zero attached hydrogens (tertiary/aromatic N) is 3. The maximum Gasteiger partial charge on any atom is 0.343 e. The van der Waals surface area contributed by atoms with Crippen molar-refractivity contribution in [2.45, 2.75) is 5.16 Å². The number of carbonyl (C=O) groups is 2. The van der Waals surface area contributed by atoms with Crippen molar-refractivity contribution in [2.24, 2.45) is 0 Å². The fourth-order valence-electron chi connectivity index (χ4n) is 2.80. The van der Waals surface area contributed by atoms with E-state index in [2.05, 4.69) is 14.7 Å². The van der Waals surface area contributed by atoms with Gasteiger partial charge in [-0.3, -0.25) is 10.1 Å². The number of methoxy groups -OCH3 is 3. The van der Waals surface area contributed by atoms with Gasteiger partial charge in [0.15, 0.2) is 23.0 Å². The lowest BCUT2D eigenvalue weighted by Crippen LogP contribution is -2.13. The first-order valence-electron chi connectivity index (χ1n) is 9.85. The molecule has 3 rings (SSSR count). The monoisotopic (exact) mass is 512 g/mol. The maximum atomic E-state index is 12.7. The van der Waals surface area contributed by atoms with E-state index >= 15 is 0 Å². The average molecular weight is 513 g/mol. The summed E-state index contributed by atoms with van der Waals surface area (Å²) < 4.78 is 25.3. The highest BCUT2D eigenvalue weighted by Crippen LogP contribution is 2.32. The lowest BCUT2D eigenvalue weighted by molar-refractivity contribution is -0.112. The van der Waals surface area contributed by atoms with Crippen molar-refractivity contribution in [2.75, 3.05) is 32.9 Å². The zero-order valence-electron chi connectivity index (χ0n) is 19.1. The Morgan fingerprint density at radius 2 is 1.71 bits per heavy atom. The van der Waals surface area contributed by atoms with Gasteiger partial charge >= 0.3 is 5.97 Å². The zero-order chi connectivity index (χ0) is 25.4. The molecular weight excluding hydrogens is 492 g/mol. The molecule has 35 heavy (non-hydrogen) atoms. The molecule has 0 aliphatic heterocycles. The number of anilines is 1. The predicted octanol–water partition coefficient (Wildman–Crippen LogP) is 4.05. The van der Waals surface area contributed by atoms with Crippen molar-refractivity contribution in [1.29, 1.82) is 5.26 Å². The van der Waals surface area contributed by atoms with Gasteiger partial charge in [-0.05, 0) is 48.2 Å². The second-order valence-corrected chi connectivity index (χ2v) is 8.10. The number of carbonyl (C=O) groups excluding carboxylic acids is 2. The van der Waals surface area contributed by atoms with Gasteiger partial charge in [-0.25, -0.2) is 4.79 Å². The quantitative estimate of drug-likeness (QED) is 0.147. The smallest absolute Gasteiger partial charge is 0.343 e. The molecule has 2 aromatic carbocycles. The third-order valence-corrected chi connectivity index (χ3v) is 5.79. The molecular formula is C23H20N4O6S2. The van der Waals surface area contributed by atoms with Crippen LogP contribution in [0.25, 0.3) is 6.08 Å². The lowest BCUT2D eigenvalue weighted by Gasteiger charge is -2.12. The molecule has 0 aliphatic rings. The summed E-state index contributed by atoms with van der Waals surface area (Å²) in [6.07, 6.45) is 3.20. The molecule has 1 N–H and O–H groups in total. The van der Waals surface area contributed by atoms with Crippen LogP contribution in [-0.4, -0.2) is 48.8 Å². The summed E-state index contributed by atoms with van der Waals surface area (Å²) in [6.45, 7) is 0. The van der Waals surface area contributed by atoms with Crippen molar-refractivity contribution in [3.63, 3.8) is 0 Å². The third kappa shape index (κ3) is 6.28. The molecule has 3 aromatic rings. The highest BCUT2D eigenvalue weighted by Gasteiger charge is 2.17. The summed E-state index contributed by atoms with van der Waals surface area (Å²) >= 11 is 2.36. The Morgan fingerprint density at radius 1 is 1.03 bits per heavy atom. The van der Waals surface area contributed by atoms with E-state index < -0.39 is 11.9 Å². The van der Waals surface area contributed by atoms with Crippen molar-refractivity contribution in [1.82, 2.24) is 9.36 Å². The number of amides is 1. The van der Waals surface area contributed by atoms with Crippen LogP contribution in [0.5, 0.6) is 23.0 Å². The molecule has 0 unspecified atom stereocenters. The number of rotatable bonds is 9. The van der Waals surface area contributed by atoms with Gasteiger partial charge in [0, 0.05) is 11.5 Å². The molecule has 0 fully saturated rings. The van der Waals surface area contributed by atoms with Crippen LogP contribution in [-0.2, 0) is 4.79 Å². The average Bonchev–Trinajstić information content (AvgIpc) is 3.34. The third-order valence-electron chi connectivity index (χ3n) is 4.50. The second kappa shape index (κ2) is 11.9. The number of hydrogen-bond donors (Lipinski definition) is 1. The minimum atomic E-state index is -0.633. The number of esters is 1. The van der Waals surface area contributed by atoms with Crippen LogP contribution in [0.4, 0.5) is 5.13 Å². The Balaban J connectivity index is 1.79. The normalized spacial score (nSPS) is 10.8. The van der Waals surface area contributed by atoms with E-state index in [4.69, 9.17) is 18.9 Å². The van der Waals surface area contributed by atoms with Crippen LogP contribution in [0.1, 0.15) is 15.9 Å². The highest BCUT2D eigenvalue weighted by molar-refractivity contribution is 7.98. The number of nitriles is 1. The molecule has 0 radical (unpaired) electrons. The minimum absolute atomic E-state index is 0.150. The summed E-state index contributed by atoms with van der Waals surface area (Å²) in [6, 6.07) is 11.1. The molecule has 0 bridgehead atoms. The summed E-state index contributed by atoms with van der Waals surface area (Å²) in [5, 5.41) is 12.8. The maximum absolute atomic E-state index is 12.7. The van der Waals surface area contributed by atoms with E-state index in [0.717, 1.165) is 11.5 Å². The van der Waals surface area contributed by atoms with Crippen molar-refractivity contribution in [3.8, 4) is 29.1 Å². The fraction of sp³-hybridized carbons (Fsp3) is 0.174. The van der Waals surface area contributed by atoms with Gasteiger partial charge in [-0.2, -0.15) is 14.6 Å². The molecule has 0 atom stereocenters. The van der Waals surface area contributed by atoms with Crippen LogP contribution in [0.2, 0.25) is 0 Å². The summed E-state index contributed by atoms with van der Waals surface area (Å²) in [7, 11) is 4.37. The number of benzene rings is 2. The number of ether oxygens (including phenoxy) is 4. The zero-order valence-corrected chi connectivity index (χ0v) is 20.8. The number of thioether (sulfide) groups is 1. The molecule has 1 aromatic heterocycles. The molecule has 0 saturated heterocycles. The number of nitrogens with one attached hydrogen (secondary N) is 1. The topological polar surface area (TPSA) is 133 Å². The van der Waals surface area contributed by atoms with Gasteiger partial charge in [0.25, 0.3) is 5.91 Å². The van der Waals surface area contributed by atoms with Gasteiger partial charge in [-0.1, -0.05) is 17.8 Å². The molecule has 0 spiro atoms. The number of hydrogen-bond acceptors (Lipinski definition) is 11. The van der Waals surface area contributed by atoms with E-state index in [9.17, 15) is 14.9 Å². The van der Waals surface area contributed by atoms with Crippen molar-refractivity contribution < 1.29 is 28.5 Å². The van der Waals surface area contributed by atoms with Gasteiger partial charge in [-0.15, -0.1) is 0 Å². The van der Waals surface area contributed by atoms with Crippen LogP contribution in [0, 0.1) is 11.3 Å². The summed E-state index contributed by atoms with van der Waals surface area (Å²) in [5.41, 5.74) is 0.586. The Labute approximate surface area is 209 Å². The first-order valence-corrected chi connectivity index (χ1v) is 11.8. The first kappa shape index (κ1) is 25.5. The van der Waals surface area contributed by atoms with E-state index in [1.165, 1.54) is 51.3 Å². The first-order chi connectivity index (χ1) is 16.9. The van der Waals surface area contributed by atoms with E-state index in [1.54, 1.807) is 24.3 Å². The lowest BCUT2D eigenvalue weighted by atomic mass is 10.1. The predicted molar refractivity (Wildman–Crippen MR) is 131 cm³/mol. The fourth-order valence-corrected chi connectivity index (χ4v) is 3.92. The molecule has 12 heteroatoms. The van der Waals surface area contributed by atoms with Crippen LogP contribution < -0.4 is 24.3 Å². The standard InChI is InChI=1S/C23H20N4O6S2/c1-30-16-8-6-14(11-19(16)32-3)21(29)33-17-7-5-13(10-18(17)31-2)9-15(12-24)20(28)25-22-26-23(34-4)27-35-22/h5-11H,1-4H3,(H,25,26,27,28)/b15-9-. The summed E-state index contributed by atoms with van der Waals surface area (Å²) in [5.74, 6) is -0.00350. The van der Waals surface area contributed by atoms with Gasteiger partial charge in [0.05, 0.1) is 26.9 Å². The molecule has 10 nitrogen and oxygen atoms in total. The van der Waals surface area contributed by atoms with E-state index in [1.807, 2.05) is 12.3 Å². The SMILES string of the molecule is COc1ccc(C(=O)Oc2ccc(/C=C(/C#N)C(=O)Nc3nc(SC)ns3)cc2OC)cc1OC. The molecule has 180 valence electrons.